The Hall–Kier alpha value is -1.55. The second-order valence-electron chi connectivity index (χ2n) is 6.68. The molecule has 1 amide bonds. The van der Waals surface area contributed by atoms with E-state index >= 15 is 0 Å². The van der Waals surface area contributed by atoms with Crippen molar-refractivity contribution in [3.05, 3.63) is 23.8 Å². The van der Waals surface area contributed by atoms with Gasteiger partial charge in [0.2, 0.25) is 5.91 Å². The van der Waals surface area contributed by atoms with Gasteiger partial charge in [-0.05, 0) is 75.7 Å². The molecule has 24 heavy (non-hydrogen) atoms. The number of hydrogen-bond donors (Lipinski definition) is 2. The molecule has 1 heterocycles. The first-order valence-corrected chi connectivity index (χ1v) is 9.45. The summed E-state index contributed by atoms with van der Waals surface area (Å²) in [7, 11) is 0. The van der Waals surface area contributed by atoms with Crippen LogP contribution in [-0.4, -0.2) is 25.6 Å². The normalized spacial score (nSPS) is 17.8. The molecule has 1 aliphatic rings. The maximum Gasteiger partial charge on any atom is 0.227 e. The smallest absolute Gasteiger partial charge is 0.227 e. The number of anilines is 1. The van der Waals surface area contributed by atoms with E-state index in [2.05, 4.69) is 36.6 Å². The van der Waals surface area contributed by atoms with E-state index < -0.39 is 0 Å². The Morgan fingerprint density at radius 3 is 2.75 bits per heavy atom. The van der Waals surface area contributed by atoms with Gasteiger partial charge in [-0.15, -0.1) is 0 Å². The molecule has 1 aromatic rings. The first-order valence-electron chi connectivity index (χ1n) is 9.45. The summed E-state index contributed by atoms with van der Waals surface area (Å²) in [5.41, 5.74) is 2.08. The third-order valence-electron chi connectivity index (χ3n) is 4.88. The van der Waals surface area contributed by atoms with E-state index in [0.29, 0.717) is 12.5 Å². The van der Waals surface area contributed by atoms with E-state index in [1.807, 2.05) is 13.0 Å². The lowest BCUT2D eigenvalue weighted by molar-refractivity contribution is -0.120. The molecule has 2 N–H and O–H groups in total. The molecule has 1 aliphatic heterocycles. The van der Waals surface area contributed by atoms with Crippen LogP contribution >= 0.6 is 0 Å². The molecule has 0 spiro atoms. The summed E-state index contributed by atoms with van der Waals surface area (Å²) in [6.07, 6.45) is 5.32. The summed E-state index contributed by atoms with van der Waals surface area (Å²) < 4.78 is 5.78. The van der Waals surface area contributed by atoms with Gasteiger partial charge in [0, 0.05) is 5.92 Å². The monoisotopic (exact) mass is 332 g/mol. The summed E-state index contributed by atoms with van der Waals surface area (Å²) in [4.78, 5) is 12.4. The van der Waals surface area contributed by atoms with Crippen molar-refractivity contribution in [3.63, 3.8) is 0 Å². The van der Waals surface area contributed by atoms with Crippen molar-refractivity contribution in [2.45, 2.75) is 52.9 Å². The molecule has 0 bridgehead atoms. The van der Waals surface area contributed by atoms with Gasteiger partial charge in [-0.3, -0.25) is 4.79 Å². The van der Waals surface area contributed by atoms with E-state index in [-0.39, 0.29) is 11.8 Å². The number of hydrogen-bond acceptors (Lipinski definition) is 3. The van der Waals surface area contributed by atoms with Gasteiger partial charge in [-0.2, -0.15) is 0 Å². The number of amides is 1. The Labute approximate surface area is 146 Å². The van der Waals surface area contributed by atoms with Gasteiger partial charge in [0.05, 0.1) is 12.3 Å². The summed E-state index contributed by atoms with van der Waals surface area (Å²) in [6.45, 7) is 8.92. The van der Waals surface area contributed by atoms with E-state index in [1.54, 1.807) is 0 Å². The second kappa shape index (κ2) is 9.67. The highest BCUT2D eigenvalue weighted by atomic mass is 16.5. The summed E-state index contributed by atoms with van der Waals surface area (Å²) in [5, 5.41) is 6.52. The van der Waals surface area contributed by atoms with Crippen molar-refractivity contribution in [1.82, 2.24) is 5.32 Å². The topological polar surface area (TPSA) is 50.4 Å². The first-order chi connectivity index (χ1) is 11.7. The van der Waals surface area contributed by atoms with Crippen LogP contribution in [0.4, 0.5) is 5.69 Å². The van der Waals surface area contributed by atoms with Crippen molar-refractivity contribution < 1.29 is 9.53 Å². The number of benzene rings is 1. The van der Waals surface area contributed by atoms with E-state index in [0.717, 1.165) is 43.8 Å². The summed E-state index contributed by atoms with van der Waals surface area (Å²) >= 11 is 0. The fraction of sp³-hybridized carbons (Fsp3) is 0.650. The molecule has 1 fully saturated rings. The molecule has 0 aliphatic carbocycles. The predicted molar refractivity (Wildman–Crippen MR) is 99.6 cm³/mol. The summed E-state index contributed by atoms with van der Waals surface area (Å²) in [5.74, 6) is 1.63. The fourth-order valence-electron chi connectivity index (χ4n) is 3.40. The minimum Gasteiger partial charge on any atom is -0.492 e. The SMILES string of the molecule is CCOc1cc(CC2CCCNC2)ccc1NC(=O)C(CC)CC. The van der Waals surface area contributed by atoms with Crippen LogP contribution in [0.15, 0.2) is 18.2 Å². The molecule has 0 radical (unpaired) electrons. The number of carbonyl (C=O) groups is 1. The maximum absolute atomic E-state index is 12.4. The number of carbonyl (C=O) groups excluding carboxylic acids is 1. The van der Waals surface area contributed by atoms with Gasteiger partial charge < -0.3 is 15.4 Å². The summed E-state index contributed by atoms with van der Waals surface area (Å²) in [6, 6.07) is 6.22. The maximum atomic E-state index is 12.4. The van der Waals surface area contributed by atoms with Gasteiger partial charge in [0.1, 0.15) is 5.75 Å². The van der Waals surface area contributed by atoms with E-state index in [1.165, 1.54) is 18.4 Å². The van der Waals surface area contributed by atoms with Gasteiger partial charge in [-0.1, -0.05) is 19.9 Å². The third kappa shape index (κ3) is 5.23. The van der Waals surface area contributed by atoms with Crippen LogP contribution in [0.2, 0.25) is 0 Å². The molecule has 1 atom stereocenters. The number of rotatable bonds is 8. The largest absolute Gasteiger partial charge is 0.492 e. The Kier molecular flexibility index (Phi) is 7.57. The van der Waals surface area contributed by atoms with Gasteiger partial charge in [0.15, 0.2) is 0 Å². The highest BCUT2D eigenvalue weighted by molar-refractivity contribution is 5.93. The van der Waals surface area contributed by atoms with Crippen molar-refractivity contribution >= 4 is 11.6 Å². The van der Waals surface area contributed by atoms with Gasteiger partial charge in [0.25, 0.3) is 0 Å². The number of nitrogens with one attached hydrogen (secondary N) is 2. The average Bonchev–Trinajstić information content (AvgIpc) is 2.59. The molecular weight excluding hydrogens is 300 g/mol. The lowest BCUT2D eigenvalue weighted by Gasteiger charge is -2.23. The Balaban J connectivity index is 2.09. The third-order valence-corrected chi connectivity index (χ3v) is 4.88. The van der Waals surface area contributed by atoms with Crippen LogP contribution in [0.5, 0.6) is 5.75 Å². The van der Waals surface area contributed by atoms with Gasteiger partial charge in [-0.25, -0.2) is 0 Å². The predicted octanol–water partition coefficient (Wildman–Crippen LogP) is 4.00. The van der Waals surface area contributed by atoms with Crippen molar-refractivity contribution in [2.75, 3.05) is 25.0 Å². The molecule has 1 unspecified atom stereocenters. The van der Waals surface area contributed by atoms with Crippen molar-refractivity contribution in [3.8, 4) is 5.75 Å². The molecule has 1 aromatic carbocycles. The van der Waals surface area contributed by atoms with E-state index in [9.17, 15) is 4.79 Å². The Morgan fingerprint density at radius 2 is 2.12 bits per heavy atom. The second-order valence-corrected chi connectivity index (χ2v) is 6.68. The zero-order valence-electron chi connectivity index (χ0n) is 15.4. The molecule has 134 valence electrons. The standard InChI is InChI=1S/C20H32N2O2/c1-4-17(5-2)20(23)22-18-10-9-15(13-19(18)24-6-3)12-16-8-7-11-21-14-16/h9-10,13,16-17,21H,4-8,11-12,14H2,1-3H3,(H,22,23). The Morgan fingerprint density at radius 1 is 1.33 bits per heavy atom. The fourth-order valence-corrected chi connectivity index (χ4v) is 3.40. The van der Waals surface area contributed by atoms with Crippen LogP contribution in [0, 0.1) is 11.8 Å². The highest BCUT2D eigenvalue weighted by Crippen LogP contribution is 2.29. The quantitative estimate of drug-likeness (QED) is 0.756. The number of piperidine rings is 1. The minimum atomic E-state index is 0.0625. The van der Waals surface area contributed by atoms with Crippen LogP contribution in [-0.2, 0) is 11.2 Å². The van der Waals surface area contributed by atoms with Crippen molar-refractivity contribution in [2.24, 2.45) is 11.8 Å². The lowest BCUT2D eigenvalue weighted by atomic mass is 9.92. The van der Waals surface area contributed by atoms with E-state index in [4.69, 9.17) is 4.74 Å². The van der Waals surface area contributed by atoms with Crippen LogP contribution in [0.1, 0.15) is 52.0 Å². The van der Waals surface area contributed by atoms with Crippen LogP contribution in [0.25, 0.3) is 0 Å². The molecule has 4 heteroatoms. The zero-order valence-corrected chi connectivity index (χ0v) is 15.4. The molecule has 1 saturated heterocycles. The molecule has 0 aromatic heterocycles. The number of ether oxygens (including phenoxy) is 1. The average molecular weight is 332 g/mol. The molecule has 2 rings (SSSR count). The lowest BCUT2D eigenvalue weighted by Crippen LogP contribution is -2.30. The minimum absolute atomic E-state index is 0.0625. The zero-order chi connectivity index (χ0) is 17.4. The highest BCUT2D eigenvalue weighted by Gasteiger charge is 2.18. The van der Waals surface area contributed by atoms with Crippen LogP contribution < -0.4 is 15.4 Å². The van der Waals surface area contributed by atoms with Gasteiger partial charge >= 0.3 is 0 Å². The molecule has 0 saturated carbocycles. The Bertz CT molecular complexity index is 520. The van der Waals surface area contributed by atoms with Crippen LogP contribution in [0.3, 0.4) is 0 Å². The first kappa shape index (κ1) is 18.8. The molecule has 4 nitrogen and oxygen atoms in total. The molecular formula is C20H32N2O2. The van der Waals surface area contributed by atoms with Crippen molar-refractivity contribution in [1.29, 1.82) is 0 Å².